The molecular weight excluding hydrogens is 288 g/mol. The molecule has 0 radical (unpaired) electrons. The number of nitrogens with zero attached hydrogens (tertiary/aromatic N) is 2. The predicted octanol–water partition coefficient (Wildman–Crippen LogP) is 0.520. The highest BCUT2D eigenvalue weighted by Crippen LogP contribution is 2.32. The van der Waals surface area contributed by atoms with Gasteiger partial charge >= 0.3 is 0 Å². The summed E-state index contributed by atoms with van der Waals surface area (Å²) in [5.74, 6) is -0.0905. The monoisotopic (exact) mass is 303 g/mol. The summed E-state index contributed by atoms with van der Waals surface area (Å²) in [5, 5.41) is 14.8. The van der Waals surface area contributed by atoms with E-state index in [1.807, 2.05) is 0 Å². The molecule has 7 heteroatoms. The Morgan fingerprint density at radius 3 is 2.64 bits per heavy atom. The second kappa shape index (κ2) is 6.75. The van der Waals surface area contributed by atoms with Gasteiger partial charge in [-0.15, -0.1) is 0 Å². The van der Waals surface area contributed by atoms with Gasteiger partial charge in [0, 0.05) is 30.7 Å². The Balaban J connectivity index is 2.38. The molecule has 1 heterocycles. The van der Waals surface area contributed by atoms with E-state index in [1.165, 1.54) is 25.1 Å². The number of benzene rings is 1. The Morgan fingerprint density at radius 1 is 1.32 bits per heavy atom. The largest absolute Gasteiger partial charge is 0.550 e. The van der Waals surface area contributed by atoms with E-state index in [-0.39, 0.29) is 13.0 Å². The Bertz CT molecular complexity index is 693. The van der Waals surface area contributed by atoms with Crippen molar-refractivity contribution < 1.29 is 24.2 Å². The highest BCUT2D eigenvalue weighted by Gasteiger charge is 2.13. The van der Waals surface area contributed by atoms with Gasteiger partial charge in [-0.2, -0.15) is 5.10 Å². The van der Waals surface area contributed by atoms with Crippen LogP contribution < -0.4 is 14.6 Å². The van der Waals surface area contributed by atoms with Crippen molar-refractivity contribution in [2.24, 2.45) is 0 Å². The number of aromatic nitrogens is 2. The van der Waals surface area contributed by atoms with Crippen LogP contribution >= 0.6 is 0 Å². The van der Waals surface area contributed by atoms with Gasteiger partial charge in [0.2, 0.25) is 0 Å². The average Bonchev–Trinajstić information content (AvgIpc) is 2.95. The fraction of sp³-hybridized carbons (Fsp3) is 0.267. The Kier molecular flexibility index (Phi) is 4.77. The second-order valence-electron chi connectivity index (χ2n) is 4.51. The summed E-state index contributed by atoms with van der Waals surface area (Å²) in [4.78, 5) is 21.7. The lowest BCUT2D eigenvalue weighted by Gasteiger charge is -2.08. The number of ether oxygens (including phenoxy) is 2. The van der Waals surface area contributed by atoms with Gasteiger partial charge in [-0.3, -0.25) is 9.48 Å². The standard InChI is InChI=1S/C15H16N2O5/c1-21-12-4-3-10(7-13(12)22-2)15-11(9-18)8-17(16-15)6-5-14(19)20/h3-4,7-9H,5-6H2,1-2H3,(H,19,20)/p-1. The third-order valence-electron chi connectivity index (χ3n) is 3.12. The lowest BCUT2D eigenvalue weighted by Crippen LogP contribution is -2.23. The quantitative estimate of drug-likeness (QED) is 0.692. The third-order valence-corrected chi connectivity index (χ3v) is 3.12. The number of hydrogen-bond donors (Lipinski definition) is 0. The van der Waals surface area contributed by atoms with Crippen LogP contribution in [0.4, 0.5) is 0 Å². The van der Waals surface area contributed by atoms with Crippen molar-refractivity contribution in [3.05, 3.63) is 30.0 Å². The Hall–Kier alpha value is -2.83. The number of carboxylic acids is 1. The molecular formula is C15H15N2O5-. The number of carboxylic acid groups (broad SMARTS) is 1. The zero-order chi connectivity index (χ0) is 16.1. The average molecular weight is 303 g/mol. The highest BCUT2D eigenvalue weighted by atomic mass is 16.5. The number of carbonyl (C=O) groups excluding carboxylic acids is 2. The van der Waals surface area contributed by atoms with Crippen molar-refractivity contribution >= 4 is 12.3 Å². The topological polar surface area (TPSA) is 93.5 Å². The molecule has 2 aromatic rings. The molecule has 0 saturated carbocycles. The van der Waals surface area contributed by atoms with E-state index >= 15 is 0 Å². The molecule has 0 spiro atoms. The SMILES string of the molecule is COc1ccc(-c2nn(CCC(=O)[O-])cc2C=O)cc1OC. The minimum absolute atomic E-state index is 0.135. The summed E-state index contributed by atoms with van der Waals surface area (Å²) in [6.45, 7) is 0.135. The van der Waals surface area contributed by atoms with Crippen molar-refractivity contribution in [2.75, 3.05) is 14.2 Å². The number of rotatable bonds is 7. The number of methoxy groups -OCH3 is 2. The van der Waals surface area contributed by atoms with Crippen LogP contribution in [0.2, 0.25) is 0 Å². The molecule has 0 saturated heterocycles. The zero-order valence-electron chi connectivity index (χ0n) is 12.2. The van der Waals surface area contributed by atoms with Gasteiger partial charge in [0.25, 0.3) is 0 Å². The molecule has 1 aromatic carbocycles. The van der Waals surface area contributed by atoms with Crippen molar-refractivity contribution in [1.29, 1.82) is 0 Å². The van der Waals surface area contributed by atoms with Gasteiger partial charge in [-0.25, -0.2) is 0 Å². The van der Waals surface area contributed by atoms with E-state index in [4.69, 9.17) is 9.47 Å². The van der Waals surface area contributed by atoms with Crippen molar-refractivity contribution in [3.8, 4) is 22.8 Å². The first-order valence-corrected chi connectivity index (χ1v) is 6.54. The molecule has 0 aliphatic heterocycles. The number of carbonyl (C=O) groups is 2. The van der Waals surface area contributed by atoms with E-state index in [2.05, 4.69) is 5.10 Å². The van der Waals surface area contributed by atoms with E-state index in [1.54, 1.807) is 18.2 Å². The molecule has 0 bridgehead atoms. The van der Waals surface area contributed by atoms with E-state index in [9.17, 15) is 14.7 Å². The Morgan fingerprint density at radius 2 is 2.05 bits per heavy atom. The molecule has 0 N–H and O–H groups in total. The normalized spacial score (nSPS) is 10.3. The van der Waals surface area contributed by atoms with Gasteiger partial charge in [0.05, 0.1) is 19.8 Å². The van der Waals surface area contributed by atoms with Gasteiger partial charge in [0.1, 0.15) is 5.69 Å². The predicted molar refractivity (Wildman–Crippen MR) is 75.8 cm³/mol. The van der Waals surface area contributed by atoms with E-state index in [0.29, 0.717) is 34.6 Å². The summed E-state index contributed by atoms with van der Waals surface area (Å²) >= 11 is 0. The van der Waals surface area contributed by atoms with Crippen LogP contribution in [0.25, 0.3) is 11.3 Å². The molecule has 7 nitrogen and oxygen atoms in total. The number of hydrogen-bond acceptors (Lipinski definition) is 6. The van der Waals surface area contributed by atoms with Crippen molar-refractivity contribution in [1.82, 2.24) is 9.78 Å². The van der Waals surface area contributed by atoms with Gasteiger partial charge in [0.15, 0.2) is 17.8 Å². The van der Waals surface area contributed by atoms with Crippen molar-refractivity contribution in [3.63, 3.8) is 0 Å². The van der Waals surface area contributed by atoms with Gasteiger partial charge < -0.3 is 19.4 Å². The molecule has 22 heavy (non-hydrogen) atoms. The minimum Gasteiger partial charge on any atom is -0.550 e. The summed E-state index contributed by atoms with van der Waals surface area (Å²) in [6.07, 6.45) is 2.00. The zero-order valence-corrected chi connectivity index (χ0v) is 12.2. The second-order valence-corrected chi connectivity index (χ2v) is 4.51. The summed E-state index contributed by atoms with van der Waals surface area (Å²) in [6, 6.07) is 5.17. The maximum Gasteiger partial charge on any atom is 0.161 e. The summed E-state index contributed by atoms with van der Waals surface area (Å²) in [5.41, 5.74) is 1.49. The molecule has 116 valence electrons. The van der Waals surface area contributed by atoms with Crippen LogP contribution in [0.5, 0.6) is 11.5 Å². The molecule has 0 amide bonds. The van der Waals surface area contributed by atoms with Crippen LogP contribution in [0.1, 0.15) is 16.8 Å². The molecule has 1 aromatic heterocycles. The van der Waals surface area contributed by atoms with E-state index in [0.717, 1.165) is 0 Å². The van der Waals surface area contributed by atoms with Crippen LogP contribution in [0, 0.1) is 0 Å². The number of aliphatic carboxylic acids is 1. The van der Waals surface area contributed by atoms with Crippen molar-refractivity contribution in [2.45, 2.75) is 13.0 Å². The highest BCUT2D eigenvalue weighted by molar-refractivity contribution is 5.85. The molecule has 0 aliphatic rings. The lowest BCUT2D eigenvalue weighted by atomic mass is 10.1. The number of aldehydes is 1. The molecule has 0 atom stereocenters. The third kappa shape index (κ3) is 3.25. The molecule has 0 unspecified atom stereocenters. The first-order chi connectivity index (χ1) is 10.6. The van der Waals surface area contributed by atoms with Crippen LogP contribution in [-0.2, 0) is 11.3 Å². The Labute approximate surface area is 127 Å². The van der Waals surface area contributed by atoms with Gasteiger partial charge in [-0.05, 0) is 18.2 Å². The summed E-state index contributed by atoms with van der Waals surface area (Å²) in [7, 11) is 3.05. The van der Waals surface area contributed by atoms with Crippen LogP contribution in [-0.4, -0.2) is 36.3 Å². The first-order valence-electron chi connectivity index (χ1n) is 6.54. The molecule has 0 fully saturated rings. The van der Waals surface area contributed by atoms with Gasteiger partial charge in [-0.1, -0.05) is 0 Å². The van der Waals surface area contributed by atoms with E-state index < -0.39 is 5.97 Å². The maximum atomic E-state index is 11.2. The fourth-order valence-electron chi connectivity index (χ4n) is 2.05. The lowest BCUT2D eigenvalue weighted by molar-refractivity contribution is -0.306. The maximum absolute atomic E-state index is 11.2. The first kappa shape index (κ1) is 15.6. The molecule has 0 aliphatic carbocycles. The smallest absolute Gasteiger partial charge is 0.161 e. The minimum atomic E-state index is -1.17. The number of aryl methyl sites for hydroxylation is 1. The summed E-state index contributed by atoms with van der Waals surface area (Å²) < 4.78 is 11.8. The van der Waals surface area contributed by atoms with Crippen LogP contribution in [0.15, 0.2) is 24.4 Å². The molecule has 2 rings (SSSR count). The van der Waals surface area contributed by atoms with Crippen LogP contribution in [0.3, 0.4) is 0 Å². The fourth-order valence-corrected chi connectivity index (χ4v) is 2.05.